The van der Waals surface area contributed by atoms with Gasteiger partial charge in [-0.3, -0.25) is 0 Å². The summed E-state index contributed by atoms with van der Waals surface area (Å²) < 4.78 is 0. The van der Waals surface area contributed by atoms with E-state index in [1.165, 1.54) is 51.7 Å². The van der Waals surface area contributed by atoms with E-state index in [2.05, 4.69) is 17.3 Å². The van der Waals surface area contributed by atoms with E-state index in [0.717, 1.165) is 19.0 Å². The molecule has 0 spiro atoms. The average molecular weight is 225 g/mol. The highest BCUT2D eigenvalue weighted by Gasteiger charge is 2.35. The number of nitrogens with zero attached hydrogens (tertiary/aromatic N) is 1. The van der Waals surface area contributed by atoms with Gasteiger partial charge in [-0.15, -0.1) is 0 Å². The Balaban J connectivity index is 1.63. The standard InChI is InChI=1S/C13H27N3/c1-16-7-2-4-12(9-16)8-15-11-13(10-14)5-3-6-13/h12,15H,2-11,14H2,1H3. The topological polar surface area (TPSA) is 41.3 Å². The first-order valence-electron chi connectivity index (χ1n) is 6.83. The van der Waals surface area contributed by atoms with Crippen molar-refractivity contribution in [1.29, 1.82) is 0 Å². The van der Waals surface area contributed by atoms with Gasteiger partial charge in [-0.05, 0) is 63.7 Å². The molecular formula is C13H27N3. The van der Waals surface area contributed by atoms with Crippen molar-refractivity contribution in [2.24, 2.45) is 17.1 Å². The predicted octanol–water partition coefficient (Wildman–Crippen LogP) is 1.05. The highest BCUT2D eigenvalue weighted by Crippen LogP contribution is 2.39. The van der Waals surface area contributed by atoms with Crippen molar-refractivity contribution in [3.8, 4) is 0 Å². The highest BCUT2D eigenvalue weighted by atomic mass is 15.1. The molecule has 0 bridgehead atoms. The van der Waals surface area contributed by atoms with Gasteiger partial charge in [0.2, 0.25) is 0 Å². The van der Waals surface area contributed by atoms with Crippen LogP contribution < -0.4 is 11.1 Å². The molecule has 0 amide bonds. The lowest BCUT2D eigenvalue weighted by Gasteiger charge is -2.41. The lowest BCUT2D eigenvalue weighted by atomic mass is 9.69. The molecule has 16 heavy (non-hydrogen) atoms. The molecule has 0 radical (unpaired) electrons. The predicted molar refractivity (Wildman–Crippen MR) is 68.4 cm³/mol. The van der Waals surface area contributed by atoms with Crippen molar-refractivity contribution >= 4 is 0 Å². The fraction of sp³-hybridized carbons (Fsp3) is 1.00. The maximum atomic E-state index is 5.86. The Morgan fingerprint density at radius 2 is 2.19 bits per heavy atom. The van der Waals surface area contributed by atoms with Gasteiger partial charge in [0.15, 0.2) is 0 Å². The number of hydrogen-bond acceptors (Lipinski definition) is 3. The van der Waals surface area contributed by atoms with Gasteiger partial charge in [-0.1, -0.05) is 6.42 Å². The van der Waals surface area contributed by atoms with Crippen molar-refractivity contribution in [3.63, 3.8) is 0 Å². The number of rotatable bonds is 5. The Morgan fingerprint density at radius 1 is 1.38 bits per heavy atom. The third-order valence-electron chi connectivity index (χ3n) is 4.50. The molecule has 3 nitrogen and oxygen atoms in total. The van der Waals surface area contributed by atoms with Gasteiger partial charge in [-0.2, -0.15) is 0 Å². The van der Waals surface area contributed by atoms with Crippen molar-refractivity contribution < 1.29 is 0 Å². The Hall–Kier alpha value is -0.120. The molecular weight excluding hydrogens is 198 g/mol. The number of piperidine rings is 1. The number of likely N-dealkylation sites (tertiary alicyclic amines) is 1. The van der Waals surface area contributed by atoms with Crippen LogP contribution in [0.5, 0.6) is 0 Å². The molecule has 0 aromatic heterocycles. The summed E-state index contributed by atoms with van der Waals surface area (Å²) in [6, 6.07) is 0. The number of nitrogens with two attached hydrogens (primary N) is 1. The molecule has 2 aliphatic rings. The van der Waals surface area contributed by atoms with E-state index in [0.29, 0.717) is 5.41 Å². The zero-order valence-corrected chi connectivity index (χ0v) is 10.7. The van der Waals surface area contributed by atoms with Crippen LogP contribution in [0, 0.1) is 11.3 Å². The minimum Gasteiger partial charge on any atom is -0.330 e. The Bertz CT molecular complexity index is 208. The molecule has 0 aromatic carbocycles. The molecule has 1 aliphatic carbocycles. The maximum Gasteiger partial charge on any atom is 0.00200 e. The van der Waals surface area contributed by atoms with E-state index in [9.17, 15) is 0 Å². The summed E-state index contributed by atoms with van der Waals surface area (Å²) in [6.07, 6.45) is 6.81. The SMILES string of the molecule is CN1CCCC(CNCC2(CN)CCC2)C1. The van der Waals surface area contributed by atoms with Crippen molar-refractivity contribution in [3.05, 3.63) is 0 Å². The van der Waals surface area contributed by atoms with Crippen LogP contribution in [-0.4, -0.2) is 44.7 Å². The Morgan fingerprint density at radius 3 is 2.75 bits per heavy atom. The van der Waals surface area contributed by atoms with E-state index in [1.807, 2.05) is 0 Å². The summed E-state index contributed by atoms with van der Waals surface area (Å²) in [5, 5.41) is 3.66. The van der Waals surface area contributed by atoms with Crippen molar-refractivity contribution in [2.45, 2.75) is 32.1 Å². The van der Waals surface area contributed by atoms with Gasteiger partial charge in [0.1, 0.15) is 0 Å². The van der Waals surface area contributed by atoms with Crippen LogP contribution >= 0.6 is 0 Å². The van der Waals surface area contributed by atoms with E-state index in [4.69, 9.17) is 5.73 Å². The lowest BCUT2D eigenvalue weighted by Crippen LogP contribution is -2.47. The van der Waals surface area contributed by atoms with E-state index in [1.54, 1.807) is 0 Å². The van der Waals surface area contributed by atoms with E-state index >= 15 is 0 Å². The fourth-order valence-electron chi connectivity index (χ4n) is 3.11. The molecule has 3 heteroatoms. The van der Waals surface area contributed by atoms with Crippen LogP contribution in [0.25, 0.3) is 0 Å². The number of nitrogens with one attached hydrogen (secondary N) is 1. The molecule has 2 fully saturated rings. The van der Waals surface area contributed by atoms with Gasteiger partial charge in [0.25, 0.3) is 0 Å². The second-order valence-electron chi connectivity index (χ2n) is 5.96. The normalized spacial score (nSPS) is 30.0. The third kappa shape index (κ3) is 2.96. The monoisotopic (exact) mass is 225 g/mol. The summed E-state index contributed by atoms with van der Waals surface area (Å²) >= 11 is 0. The van der Waals surface area contributed by atoms with Crippen LogP contribution in [0.2, 0.25) is 0 Å². The van der Waals surface area contributed by atoms with Crippen LogP contribution in [0.1, 0.15) is 32.1 Å². The summed E-state index contributed by atoms with van der Waals surface area (Å²) in [5.74, 6) is 0.855. The van der Waals surface area contributed by atoms with Crippen molar-refractivity contribution in [1.82, 2.24) is 10.2 Å². The zero-order valence-electron chi connectivity index (χ0n) is 10.7. The molecule has 1 heterocycles. The molecule has 1 atom stereocenters. The van der Waals surface area contributed by atoms with Gasteiger partial charge in [0, 0.05) is 13.1 Å². The largest absolute Gasteiger partial charge is 0.330 e. The minimum absolute atomic E-state index is 0.459. The first kappa shape index (κ1) is 12.3. The Kier molecular flexibility index (Phi) is 4.22. The van der Waals surface area contributed by atoms with Crippen molar-refractivity contribution in [2.75, 3.05) is 39.8 Å². The molecule has 1 aliphatic heterocycles. The van der Waals surface area contributed by atoms with Crippen LogP contribution in [0.3, 0.4) is 0 Å². The van der Waals surface area contributed by atoms with E-state index in [-0.39, 0.29) is 0 Å². The summed E-state index contributed by atoms with van der Waals surface area (Å²) in [6.45, 7) is 5.74. The smallest absolute Gasteiger partial charge is 0.00200 e. The summed E-state index contributed by atoms with van der Waals surface area (Å²) in [5.41, 5.74) is 6.32. The third-order valence-corrected chi connectivity index (χ3v) is 4.50. The first-order chi connectivity index (χ1) is 7.74. The molecule has 3 N–H and O–H groups in total. The maximum absolute atomic E-state index is 5.86. The molecule has 94 valence electrons. The van der Waals surface area contributed by atoms with Gasteiger partial charge in [-0.25, -0.2) is 0 Å². The fourth-order valence-corrected chi connectivity index (χ4v) is 3.11. The van der Waals surface area contributed by atoms with Gasteiger partial charge < -0.3 is 16.0 Å². The zero-order chi connectivity index (χ0) is 11.4. The summed E-state index contributed by atoms with van der Waals surface area (Å²) in [4.78, 5) is 2.46. The van der Waals surface area contributed by atoms with Gasteiger partial charge in [0.05, 0.1) is 0 Å². The second kappa shape index (κ2) is 5.48. The van der Waals surface area contributed by atoms with Crippen LogP contribution in [0.4, 0.5) is 0 Å². The molecule has 1 saturated carbocycles. The van der Waals surface area contributed by atoms with Crippen LogP contribution in [-0.2, 0) is 0 Å². The van der Waals surface area contributed by atoms with Gasteiger partial charge >= 0.3 is 0 Å². The van der Waals surface area contributed by atoms with E-state index < -0.39 is 0 Å². The van der Waals surface area contributed by atoms with Crippen LogP contribution in [0.15, 0.2) is 0 Å². The first-order valence-corrected chi connectivity index (χ1v) is 6.83. The quantitative estimate of drug-likeness (QED) is 0.735. The average Bonchev–Trinajstić information content (AvgIpc) is 2.22. The molecule has 0 aromatic rings. The minimum atomic E-state index is 0.459. The highest BCUT2D eigenvalue weighted by molar-refractivity contribution is 4.90. The number of hydrogen-bond donors (Lipinski definition) is 2. The molecule has 1 saturated heterocycles. The Labute approximate surface area is 99.8 Å². The summed E-state index contributed by atoms with van der Waals surface area (Å²) in [7, 11) is 2.24. The molecule has 2 rings (SSSR count). The molecule has 1 unspecified atom stereocenters. The lowest BCUT2D eigenvalue weighted by molar-refractivity contribution is 0.133. The second-order valence-corrected chi connectivity index (χ2v) is 5.96.